The predicted octanol–water partition coefficient (Wildman–Crippen LogP) is 3.42. The number of nitrogens with one attached hydrogen (secondary N) is 1. The molecule has 0 aliphatic rings. The van der Waals surface area contributed by atoms with Crippen molar-refractivity contribution in [3.05, 3.63) is 36.0 Å². The van der Waals surface area contributed by atoms with Crippen molar-refractivity contribution in [1.29, 1.82) is 0 Å². The molecule has 0 aliphatic heterocycles. The van der Waals surface area contributed by atoms with Crippen LogP contribution < -0.4 is 5.32 Å². The Morgan fingerprint density at radius 2 is 2.05 bits per heavy atom. The van der Waals surface area contributed by atoms with E-state index in [2.05, 4.69) is 54.2 Å². The smallest absolute Gasteiger partial charge is 0.0587 e. The highest BCUT2D eigenvalue weighted by Gasteiger charge is 2.08. The first-order valence-corrected chi connectivity index (χ1v) is 7.48. The van der Waals surface area contributed by atoms with E-state index < -0.39 is 0 Å². The molecule has 2 aromatic rings. The van der Waals surface area contributed by atoms with E-state index in [4.69, 9.17) is 4.74 Å². The molecule has 0 radical (unpaired) electrons. The lowest BCUT2D eigenvalue weighted by Gasteiger charge is -2.07. The second-order valence-electron chi connectivity index (χ2n) is 5.72. The van der Waals surface area contributed by atoms with Crippen molar-refractivity contribution < 1.29 is 4.74 Å². The van der Waals surface area contributed by atoms with Crippen LogP contribution in [0, 0.1) is 5.92 Å². The zero-order chi connectivity index (χ0) is 14.4. The number of fused-ring (bicyclic) bond motifs is 1. The number of benzene rings is 1. The maximum absolute atomic E-state index is 5.07. The van der Waals surface area contributed by atoms with Gasteiger partial charge in [-0.15, -0.1) is 0 Å². The fourth-order valence-corrected chi connectivity index (χ4v) is 2.44. The van der Waals surface area contributed by atoms with E-state index in [0.717, 1.165) is 32.2 Å². The Hall–Kier alpha value is -1.32. The van der Waals surface area contributed by atoms with Gasteiger partial charge in [0.05, 0.1) is 6.61 Å². The number of nitrogens with zero attached hydrogens (tertiary/aromatic N) is 1. The minimum Gasteiger partial charge on any atom is -0.383 e. The van der Waals surface area contributed by atoms with Crippen LogP contribution in [-0.4, -0.2) is 24.8 Å². The summed E-state index contributed by atoms with van der Waals surface area (Å²) in [5, 5.41) is 4.80. The second-order valence-corrected chi connectivity index (χ2v) is 5.72. The molecule has 20 heavy (non-hydrogen) atoms. The van der Waals surface area contributed by atoms with Crippen LogP contribution in [0.15, 0.2) is 30.5 Å². The van der Waals surface area contributed by atoms with E-state index in [1.807, 2.05) is 0 Å². The number of hydrogen-bond donors (Lipinski definition) is 1. The van der Waals surface area contributed by atoms with Gasteiger partial charge in [0.15, 0.2) is 0 Å². The van der Waals surface area contributed by atoms with Crippen LogP contribution >= 0.6 is 0 Å². The normalized spacial score (nSPS) is 11.6. The van der Waals surface area contributed by atoms with Gasteiger partial charge in [-0.25, -0.2) is 0 Å². The summed E-state index contributed by atoms with van der Waals surface area (Å²) < 4.78 is 7.46. The summed E-state index contributed by atoms with van der Waals surface area (Å²) >= 11 is 0. The van der Waals surface area contributed by atoms with E-state index in [9.17, 15) is 0 Å². The minimum absolute atomic E-state index is 0.736. The van der Waals surface area contributed by atoms with Crippen LogP contribution in [0.25, 0.3) is 10.9 Å². The molecule has 0 saturated heterocycles. The molecule has 110 valence electrons. The lowest BCUT2D eigenvalue weighted by atomic mass is 10.1. The molecule has 1 aromatic carbocycles. The predicted molar refractivity (Wildman–Crippen MR) is 85.0 cm³/mol. The molecular formula is C17H26N2O. The largest absolute Gasteiger partial charge is 0.383 e. The summed E-state index contributed by atoms with van der Waals surface area (Å²) in [6.07, 6.45) is 3.52. The third kappa shape index (κ3) is 3.84. The van der Waals surface area contributed by atoms with Crippen molar-refractivity contribution in [3.8, 4) is 0 Å². The van der Waals surface area contributed by atoms with Crippen molar-refractivity contribution in [2.75, 3.05) is 20.3 Å². The summed E-state index contributed by atoms with van der Waals surface area (Å²) in [5.41, 5.74) is 2.72. The number of ether oxygens (including phenoxy) is 1. The van der Waals surface area contributed by atoms with E-state index in [1.54, 1.807) is 7.11 Å². The average molecular weight is 274 g/mol. The van der Waals surface area contributed by atoms with Gasteiger partial charge in [-0.2, -0.15) is 0 Å². The van der Waals surface area contributed by atoms with Crippen LogP contribution in [0.3, 0.4) is 0 Å². The fourth-order valence-electron chi connectivity index (χ4n) is 2.44. The van der Waals surface area contributed by atoms with Crippen LogP contribution in [0.1, 0.15) is 25.8 Å². The monoisotopic (exact) mass is 274 g/mol. The lowest BCUT2D eigenvalue weighted by molar-refractivity contribution is 0.199. The van der Waals surface area contributed by atoms with Crippen molar-refractivity contribution in [2.24, 2.45) is 5.92 Å². The molecule has 0 atom stereocenters. The lowest BCUT2D eigenvalue weighted by Crippen LogP contribution is -2.18. The third-order valence-electron chi connectivity index (χ3n) is 3.62. The van der Waals surface area contributed by atoms with E-state index >= 15 is 0 Å². The first-order valence-electron chi connectivity index (χ1n) is 7.48. The van der Waals surface area contributed by atoms with Crippen molar-refractivity contribution >= 4 is 10.9 Å². The van der Waals surface area contributed by atoms with Crippen LogP contribution in [0.4, 0.5) is 0 Å². The maximum atomic E-state index is 5.07. The van der Waals surface area contributed by atoms with Gasteiger partial charge in [0, 0.05) is 43.8 Å². The standard InChI is InChI=1S/C17H26N2O/c1-14(2)8-10-19-13-15(12-18-9-11-20-3)16-6-4-5-7-17(16)19/h4-7,13-14,18H,8-12H2,1-3H3. The Morgan fingerprint density at radius 1 is 1.25 bits per heavy atom. The molecule has 0 unspecified atom stereocenters. The van der Waals surface area contributed by atoms with Gasteiger partial charge < -0.3 is 14.6 Å². The SMILES string of the molecule is COCCNCc1cn(CCC(C)C)c2ccccc12. The summed E-state index contributed by atoms with van der Waals surface area (Å²) in [6, 6.07) is 8.67. The number of para-hydroxylation sites is 1. The Morgan fingerprint density at radius 3 is 2.80 bits per heavy atom. The Bertz CT molecular complexity index is 531. The molecule has 1 heterocycles. The fraction of sp³-hybridized carbons (Fsp3) is 0.529. The first kappa shape index (κ1) is 15.1. The van der Waals surface area contributed by atoms with Gasteiger partial charge >= 0.3 is 0 Å². The summed E-state index contributed by atoms with van der Waals surface area (Å²) in [6.45, 7) is 8.20. The molecule has 2 rings (SSSR count). The first-order chi connectivity index (χ1) is 9.72. The molecule has 0 spiro atoms. The summed E-state index contributed by atoms with van der Waals surface area (Å²) in [5.74, 6) is 0.736. The van der Waals surface area contributed by atoms with Crippen LogP contribution in [0.2, 0.25) is 0 Å². The zero-order valence-corrected chi connectivity index (χ0v) is 12.9. The molecular weight excluding hydrogens is 248 g/mol. The van der Waals surface area contributed by atoms with Gasteiger partial charge in [0.1, 0.15) is 0 Å². The quantitative estimate of drug-likeness (QED) is 0.746. The highest BCUT2D eigenvalue weighted by molar-refractivity contribution is 5.83. The molecule has 0 aliphatic carbocycles. The topological polar surface area (TPSA) is 26.2 Å². The average Bonchev–Trinajstić information content (AvgIpc) is 2.80. The number of aryl methyl sites for hydroxylation is 1. The van der Waals surface area contributed by atoms with E-state index in [1.165, 1.54) is 22.9 Å². The van der Waals surface area contributed by atoms with Crippen molar-refractivity contribution in [1.82, 2.24) is 9.88 Å². The molecule has 0 saturated carbocycles. The van der Waals surface area contributed by atoms with Gasteiger partial charge in [0.2, 0.25) is 0 Å². The van der Waals surface area contributed by atoms with Crippen molar-refractivity contribution in [3.63, 3.8) is 0 Å². The van der Waals surface area contributed by atoms with E-state index in [-0.39, 0.29) is 0 Å². The molecule has 0 amide bonds. The number of rotatable bonds is 8. The maximum Gasteiger partial charge on any atom is 0.0587 e. The molecule has 3 heteroatoms. The second kappa shape index (κ2) is 7.46. The van der Waals surface area contributed by atoms with Gasteiger partial charge in [-0.3, -0.25) is 0 Å². The minimum atomic E-state index is 0.736. The Balaban J connectivity index is 2.13. The van der Waals surface area contributed by atoms with Crippen molar-refractivity contribution in [2.45, 2.75) is 33.4 Å². The zero-order valence-electron chi connectivity index (χ0n) is 12.9. The van der Waals surface area contributed by atoms with E-state index in [0.29, 0.717) is 0 Å². The number of aromatic nitrogens is 1. The summed E-state index contributed by atoms with van der Waals surface area (Å²) in [4.78, 5) is 0. The Labute approximate surface area is 121 Å². The Kier molecular flexibility index (Phi) is 5.62. The highest BCUT2D eigenvalue weighted by Crippen LogP contribution is 2.22. The number of hydrogen-bond acceptors (Lipinski definition) is 2. The molecule has 1 aromatic heterocycles. The molecule has 0 bridgehead atoms. The van der Waals surface area contributed by atoms with Crippen LogP contribution in [-0.2, 0) is 17.8 Å². The number of methoxy groups -OCH3 is 1. The molecule has 3 nitrogen and oxygen atoms in total. The highest BCUT2D eigenvalue weighted by atomic mass is 16.5. The van der Waals surface area contributed by atoms with Gasteiger partial charge in [-0.1, -0.05) is 32.0 Å². The van der Waals surface area contributed by atoms with Gasteiger partial charge in [0.25, 0.3) is 0 Å². The molecule has 0 fully saturated rings. The summed E-state index contributed by atoms with van der Waals surface area (Å²) in [7, 11) is 1.74. The van der Waals surface area contributed by atoms with Crippen LogP contribution in [0.5, 0.6) is 0 Å². The third-order valence-corrected chi connectivity index (χ3v) is 3.62. The molecule has 1 N–H and O–H groups in total. The van der Waals surface area contributed by atoms with Gasteiger partial charge in [-0.05, 0) is 24.0 Å².